The molecule has 2 aromatic rings. The number of aromatic nitrogens is 1. The summed E-state index contributed by atoms with van der Waals surface area (Å²) in [6.45, 7) is 10.6. The zero-order valence-electron chi connectivity index (χ0n) is 21.5. The highest BCUT2D eigenvalue weighted by atomic mass is 16.6. The predicted molar refractivity (Wildman–Crippen MR) is 130 cm³/mol. The Morgan fingerprint density at radius 3 is 2.20 bits per heavy atom. The van der Waals surface area contributed by atoms with Gasteiger partial charge in [-0.3, -0.25) is 9.59 Å². The van der Waals surface area contributed by atoms with Gasteiger partial charge in [-0.05, 0) is 44.0 Å². The minimum atomic E-state index is -0.976. The first-order valence-electron chi connectivity index (χ1n) is 11.4. The molecule has 9 heteroatoms. The Morgan fingerprint density at radius 2 is 1.63 bits per heavy atom. The van der Waals surface area contributed by atoms with E-state index in [9.17, 15) is 14.4 Å². The Morgan fingerprint density at radius 1 is 0.943 bits per heavy atom. The number of esters is 2. The van der Waals surface area contributed by atoms with E-state index in [-0.39, 0.29) is 23.1 Å². The van der Waals surface area contributed by atoms with Crippen LogP contribution in [0.1, 0.15) is 62.2 Å². The highest BCUT2D eigenvalue weighted by molar-refractivity contribution is 5.98. The molecule has 0 aliphatic heterocycles. The van der Waals surface area contributed by atoms with Crippen LogP contribution < -0.4 is 19.5 Å². The molecule has 1 aromatic heterocycles. The molecule has 0 saturated heterocycles. The van der Waals surface area contributed by atoms with Crippen molar-refractivity contribution in [2.75, 3.05) is 14.2 Å². The monoisotopic (exact) mass is 486 g/mol. The van der Waals surface area contributed by atoms with Crippen molar-refractivity contribution >= 4 is 17.8 Å². The maximum Gasteiger partial charge on any atom is 0.328 e. The summed E-state index contributed by atoms with van der Waals surface area (Å²) in [5.74, 6) is -1.55. The lowest BCUT2D eigenvalue weighted by Gasteiger charge is -2.24. The molecule has 0 aliphatic rings. The molecule has 0 unspecified atom stereocenters. The predicted octanol–water partition coefficient (Wildman–Crippen LogP) is 3.82. The Kier molecular flexibility index (Phi) is 9.62. The first-order valence-corrected chi connectivity index (χ1v) is 11.4. The summed E-state index contributed by atoms with van der Waals surface area (Å²) in [7, 11) is 2.99. The van der Waals surface area contributed by atoms with Crippen LogP contribution in [0, 0.1) is 12.8 Å². The molecule has 2 rings (SSSR count). The second-order valence-corrected chi connectivity index (χ2v) is 8.62. The number of ether oxygens (including phenoxy) is 4. The fraction of sp³-hybridized carbons (Fsp3) is 0.462. The first-order chi connectivity index (χ1) is 16.5. The number of carbonyl (C=O) groups excluding carboxylic acids is 3. The zero-order valence-corrected chi connectivity index (χ0v) is 21.5. The molecule has 1 aromatic carbocycles. The van der Waals surface area contributed by atoms with Crippen LogP contribution in [0.25, 0.3) is 0 Å². The van der Waals surface area contributed by atoms with Gasteiger partial charge in [0.2, 0.25) is 5.75 Å². The van der Waals surface area contributed by atoms with Crippen LogP contribution in [0.3, 0.4) is 0 Å². The molecule has 1 amide bonds. The van der Waals surface area contributed by atoms with Gasteiger partial charge in [-0.15, -0.1) is 0 Å². The lowest BCUT2D eigenvalue weighted by atomic mass is 9.92. The summed E-state index contributed by atoms with van der Waals surface area (Å²) >= 11 is 0. The fourth-order valence-electron chi connectivity index (χ4n) is 3.32. The molecule has 3 atom stereocenters. The number of nitrogens with one attached hydrogen (secondary N) is 1. The Labute approximate surface area is 206 Å². The van der Waals surface area contributed by atoms with Crippen LogP contribution in [0.15, 0.2) is 30.5 Å². The molecule has 35 heavy (non-hydrogen) atoms. The molecule has 0 bridgehead atoms. The molecule has 0 saturated carbocycles. The summed E-state index contributed by atoms with van der Waals surface area (Å²) < 4.78 is 21.5. The van der Waals surface area contributed by atoms with E-state index in [1.165, 1.54) is 26.3 Å². The number of rotatable bonds is 10. The smallest absolute Gasteiger partial charge is 0.328 e. The quantitative estimate of drug-likeness (QED) is 0.504. The lowest BCUT2D eigenvalue weighted by molar-refractivity contribution is -0.151. The van der Waals surface area contributed by atoms with Gasteiger partial charge in [-0.1, -0.05) is 26.8 Å². The van der Waals surface area contributed by atoms with Gasteiger partial charge >= 0.3 is 11.9 Å². The molecular weight excluding hydrogens is 452 g/mol. The van der Waals surface area contributed by atoms with E-state index in [2.05, 4.69) is 10.3 Å². The minimum absolute atomic E-state index is 0.0881. The summed E-state index contributed by atoms with van der Waals surface area (Å²) in [4.78, 5) is 41.8. The second-order valence-electron chi connectivity index (χ2n) is 8.62. The van der Waals surface area contributed by atoms with Crippen molar-refractivity contribution < 1.29 is 33.3 Å². The Balaban J connectivity index is 2.11. The number of pyridine rings is 1. The number of benzene rings is 1. The molecule has 9 nitrogen and oxygen atoms in total. The first kappa shape index (κ1) is 27.6. The summed E-state index contributed by atoms with van der Waals surface area (Å²) in [6, 6.07) is 6.23. The topological polar surface area (TPSA) is 113 Å². The van der Waals surface area contributed by atoms with Gasteiger partial charge in [-0.2, -0.15) is 0 Å². The average Bonchev–Trinajstić information content (AvgIpc) is 2.83. The highest BCUT2D eigenvalue weighted by Gasteiger charge is 2.28. The van der Waals surface area contributed by atoms with Gasteiger partial charge in [0.15, 0.2) is 11.4 Å². The summed E-state index contributed by atoms with van der Waals surface area (Å²) in [5.41, 5.74) is 1.88. The Bertz CT molecular complexity index is 1070. The van der Waals surface area contributed by atoms with Crippen molar-refractivity contribution in [2.24, 2.45) is 5.92 Å². The molecule has 0 aliphatic carbocycles. The standard InChI is InChI=1S/C26H34N2O7/c1-14(2)25(30)35-23-21(33-8)11-12-27-22(23)24(29)28-17(5)26(31)34-18(6)16(4)20-10-9-19(32-7)13-15(20)3/h9-14,16-18H,1-8H3,(H,28,29)/t16-,17-,18-/m0/s1. The number of hydrogen-bond acceptors (Lipinski definition) is 8. The van der Waals surface area contributed by atoms with E-state index in [1.807, 2.05) is 32.0 Å². The SMILES string of the molecule is COc1ccc([C@@H](C)[C@H](C)OC(=O)[C@H](C)NC(=O)c2nccc(OC)c2OC(=O)C(C)C)c(C)c1. The normalized spacial score (nSPS) is 13.4. The lowest BCUT2D eigenvalue weighted by Crippen LogP contribution is -2.41. The van der Waals surface area contributed by atoms with E-state index in [0.717, 1.165) is 16.9 Å². The number of methoxy groups -OCH3 is 2. The number of aryl methyl sites for hydroxylation is 1. The number of hydrogen-bond donors (Lipinski definition) is 1. The van der Waals surface area contributed by atoms with Gasteiger partial charge < -0.3 is 24.3 Å². The third-order valence-corrected chi connectivity index (χ3v) is 5.65. The maximum absolute atomic E-state index is 12.9. The van der Waals surface area contributed by atoms with Crippen molar-refractivity contribution in [1.29, 1.82) is 0 Å². The molecule has 0 spiro atoms. The van der Waals surface area contributed by atoms with Crippen molar-refractivity contribution in [3.8, 4) is 17.2 Å². The van der Waals surface area contributed by atoms with Gasteiger partial charge in [0.05, 0.1) is 20.1 Å². The number of carbonyl (C=O) groups is 3. The summed E-state index contributed by atoms with van der Waals surface area (Å²) in [5, 5.41) is 2.56. The third-order valence-electron chi connectivity index (χ3n) is 5.65. The largest absolute Gasteiger partial charge is 0.497 e. The third kappa shape index (κ3) is 6.94. The maximum atomic E-state index is 12.9. The Hall–Kier alpha value is -3.62. The molecule has 1 N–H and O–H groups in total. The van der Waals surface area contributed by atoms with Crippen LogP contribution >= 0.6 is 0 Å². The van der Waals surface area contributed by atoms with Gasteiger partial charge in [-0.25, -0.2) is 9.78 Å². The summed E-state index contributed by atoms with van der Waals surface area (Å²) in [6.07, 6.45) is 0.899. The van der Waals surface area contributed by atoms with Gasteiger partial charge in [0, 0.05) is 18.2 Å². The van der Waals surface area contributed by atoms with E-state index in [4.69, 9.17) is 18.9 Å². The molecular formula is C26H34N2O7. The van der Waals surface area contributed by atoms with E-state index in [0.29, 0.717) is 0 Å². The van der Waals surface area contributed by atoms with Crippen molar-refractivity contribution in [1.82, 2.24) is 10.3 Å². The van der Waals surface area contributed by atoms with E-state index in [1.54, 1.807) is 27.9 Å². The molecule has 190 valence electrons. The zero-order chi connectivity index (χ0) is 26.3. The van der Waals surface area contributed by atoms with Crippen LogP contribution in [-0.2, 0) is 14.3 Å². The number of amides is 1. The molecule has 0 radical (unpaired) electrons. The highest BCUT2D eigenvalue weighted by Crippen LogP contribution is 2.31. The van der Waals surface area contributed by atoms with Crippen molar-refractivity contribution in [3.05, 3.63) is 47.3 Å². The van der Waals surface area contributed by atoms with E-state index < -0.39 is 35.9 Å². The van der Waals surface area contributed by atoms with Gasteiger partial charge in [0.25, 0.3) is 5.91 Å². The van der Waals surface area contributed by atoms with Crippen LogP contribution in [-0.4, -0.2) is 49.2 Å². The molecule has 0 fully saturated rings. The van der Waals surface area contributed by atoms with Crippen molar-refractivity contribution in [3.63, 3.8) is 0 Å². The minimum Gasteiger partial charge on any atom is -0.497 e. The van der Waals surface area contributed by atoms with Crippen molar-refractivity contribution in [2.45, 2.75) is 59.6 Å². The van der Waals surface area contributed by atoms with Gasteiger partial charge in [0.1, 0.15) is 17.9 Å². The van der Waals surface area contributed by atoms with E-state index >= 15 is 0 Å². The fourth-order valence-corrected chi connectivity index (χ4v) is 3.32. The van der Waals surface area contributed by atoms with Crippen LogP contribution in [0.2, 0.25) is 0 Å². The second kappa shape index (κ2) is 12.2. The molecule has 1 heterocycles. The van der Waals surface area contributed by atoms with Crippen LogP contribution in [0.4, 0.5) is 0 Å². The average molecular weight is 487 g/mol. The van der Waals surface area contributed by atoms with Crippen LogP contribution in [0.5, 0.6) is 17.2 Å². The number of nitrogens with zero attached hydrogens (tertiary/aromatic N) is 1.